The molecule has 128 valence electrons. The lowest BCUT2D eigenvalue weighted by Gasteiger charge is -2.34. The van der Waals surface area contributed by atoms with Crippen LogP contribution in [-0.4, -0.2) is 37.8 Å². The van der Waals surface area contributed by atoms with E-state index in [-0.39, 0.29) is 17.9 Å². The van der Waals surface area contributed by atoms with Crippen molar-refractivity contribution in [1.82, 2.24) is 25.3 Å². The summed E-state index contributed by atoms with van der Waals surface area (Å²) in [5.41, 5.74) is 1.97. The summed E-state index contributed by atoms with van der Waals surface area (Å²) < 4.78 is 1.72. The van der Waals surface area contributed by atoms with Gasteiger partial charge in [-0.3, -0.25) is 19.4 Å². The molecule has 0 aliphatic heterocycles. The first-order valence-corrected chi connectivity index (χ1v) is 8.09. The highest BCUT2D eigenvalue weighted by molar-refractivity contribution is 5.89. The van der Waals surface area contributed by atoms with E-state index in [0.29, 0.717) is 24.6 Å². The quantitative estimate of drug-likeness (QED) is 0.737. The number of amides is 2. The van der Waals surface area contributed by atoms with E-state index in [0.717, 1.165) is 24.1 Å². The van der Waals surface area contributed by atoms with E-state index in [1.54, 1.807) is 10.9 Å². The fourth-order valence-corrected chi connectivity index (χ4v) is 2.95. The van der Waals surface area contributed by atoms with E-state index in [2.05, 4.69) is 25.9 Å². The third kappa shape index (κ3) is 4.01. The van der Waals surface area contributed by atoms with E-state index in [9.17, 15) is 9.59 Å². The Labute approximate surface area is 140 Å². The molecule has 2 amide bonds. The molecule has 0 radical (unpaired) electrons. The van der Waals surface area contributed by atoms with E-state index < -0.39 is 0 Å². The van der Waals surface area contributed by atoms with Crippen molar-refractivity contribution in [2.75, 3.05) is 5.32 Å². The van der Waals surface area contributed by atoms with Crippen molar-refractivity contribution in [2.45, 2.75) is 44.6 Å². The summed E-state index contributed by atoms with van der Waals surface area (Å²) in [5.74, 6) is 0.893. The minimum absolute atomic E-state index is 0.00189. The van der Waals surface area contributed by atoms with Crippen molar-refractivity contribution in [3.63, 3.8) is 0 Å². The summed E-state index contributed by atoms with van der Waals surface area (Å²) in [4.78, 5) is 23.0. The van der Waals surface area contributed by atoms with Crippen molar-refractivity contribution in [3.8, 4) is 0 Å². The topological polar surface area (TPSA) is 105 Å². The van der Waals surface area contributed by atoms with Crippen molar-refractivity contribution in [1.29, 1.82) is 0 Å². The third-order valence-electron chi connectivity index (χ3n) is 4.23. The Hall–Kier alpha value is -2.64. The van der Waals surface area contributed by atoms with E-state index in [4.69, 9.17) is 0 Å². The van der Waals surface area contributed by atoms with Gasteiger partial charge in [-0.05, 0) is 24.8 Å². The van der Waals surface area contributed by atoms with Crippen LogP contribution in [0.3, 0.4) is 0 Å². The molecule has 2 aromatic rings. The highest BCUT2D eigenvalue weighted by Gasteiger charge is 2.32. The minimum atomic E-state index is -0.0567. The molecule has 0 saturated heterocycles. The molecule has 24 heavy (non-hydrogen) atoms. The van der Waals surface area contributed by atoms with Gasteiger partial charge in [0, 0.05) is 44.6 Å². The fourth-order valence-electron chi connectivity index (χ4n) is 2.95. The molecule has 0 spiro atoms. The number of anilines is 1. The number of rotatable bonds is 6. The van der Waals surface area contributed by atoms with E-state index in [1.165, 1.54) is 6.92 Å². The first-order valence-electron chi connectivity index (χ1n) is 8.09. The van der Waals surface area contributed by atoms with E-state index in [1.807, 2.05) is 19.3 Å². The van der Waals surface area contributed by atoms with Gasteiger partial charge in [0.05, 0.1) is 11.9 Å². The predicted molar refractivity (Wildman–Crippen MR) is 88.3 cm³/mol. The molecule has 0 atom stereocenters. The Bertz CT molecular complexity index is 729. The summed E-state index contributed by atoms with van der Waals surface area (Å²) in [7, 11) is 1.85. The van der Waals surface area contributed by atoms with Gasteiger partial charge in [0.15, 0.2) is 0 Å². The Kier molecular flexibility index (Phi) is 4.64. The van der Waals surface area contributed by atoms with Crippen molar-refractivity contribution >= 4 is 17.6 Å². The van der Waals surface area contributed by atoms with Crippen LogP contribution in [0, 0.1) is 0 Å². The lowest BCUT2D eigenvalue weighted by Crippen LogP contribution is -2.42. The molecule has 2 aromatic heterocycles. The largest absolute Gasteiger partial charge is 0.354 e. The molecule has 1 aliphatic carbocycles. The molecule has 3 N–H and O–H groups in total. The summed E-state index contributed by atoms with van der Waals surface area (Å²) in [5, 5.41) is 16.9. The average Bonchev–Trinajstić information content (AvgIpc) is 3.09. The molecule has 1 saturated carbocycles. The molecular formula is C16H22N6O2. The van der Waals surface area contributed by atoms with Gasteiger partial charge in [-0.25, -0.2) is 0 Å². The number of nitrogens with zero attached hydrogens (tertiary/aromatic N) is 3. The van der Waals surface area contributed by atoms with E-state index >= 15 is 0 Å². The van der Waals surface area contributed by atoms with Gasteiger partial charge >= 0.3 is 0 Å². The maximum Gasteiger partial charge on any atom is 0.225 e. The highest BCUT2D eigenvalue weighted by atomic mass is 16.2. The SMILES string of the molecule is CC(=O)NC1CC(c2cc(NC(=O)CCc3cnn(C)c3)[nH]n2)C1. The highest BCUT2D eigenvalue weighted by Crippen LogP contribution is 2.36. The Morgan fingerprint density at radius 3 is 2.88 bits per heavy atom. The number of hydrogen-bond donors (Lipinski definition) is 3. The summed E-state index contributed by atoms with van der Waals surface area (Å²) >= 11 is 0. The van der Waals surface area contributed by atoms with Crippen molar-refractivity contribution in [2.24, 2.45) is 7.05 Å². The average molecular weight is 330 g/mol. The number of carbonyl (C=O) groups excluding carboxylic acids is 2. The summed E-state index contributed by atoms with van der Waals surface area (Å²) in [6.07, 6.45) is 6.50. The van der Waals surface area contributed by atoms with Crippen LogP contribution in [0.2, 0.25) is 0 Å². The first kappa shape index (κ1) is 16.2. The number of aromatic nitrogens is 4. The second-order valence-corrected chi connectivity index (χ2v) is 6.34. The minimum Gasteiger partial charge on any atom is -0.354 e. The summed E-state index contributed by atoms with van der Waals surface area (Å²) in [6, 6.07) is 2.11. The number of aromatic amines is 1. The number of hydrogen-bond acceptors (Lipinski definition) is 4. The normalized spacial score (nSPS) is 19.6. The van der Waals surface area contributed by atoms with Gasteiger partial charge in [-0.1, -0.05) is 0 Å². The monoisotopic (exact) mass is 330 g/mol. The Morgan fingerprint density at radius 2 is 2.21 bits per heavy atom. The van der Waals surface area contributed by atoms with Crippen LogP contribution in [0.5, 0.6) is 0 Å². The van der Waals surface area contributed by atoms with Crippen LogP contribution in [-0.2, 0) is 23.1 Å². The smallest absolute Gasteiger partial charge is 0.225 e. The van der Waals surface area contributed by atoms with Gasteiger partial charge in [-0.2, -0.15) is 10.2 Å². The zero-order valence-electron chi connectivity index (χ0n) is 13.9. The van der Waals surface area contributed by atoms with Crippen LogP contribution < -0.4 is 10.6 Å². The number of carbonyl (C=O) groups is 2. The molecule has 0 bridgehead atoms. The number of aryl methyl sites for hydroxylation is 2. The maximum absolute atomic E-state index is 12.0. The molecule has 3 rings (SSSR count). The summed E-state index contributed by atoms with van der Waals surface area (Å²) in [6.45, 7) is 1.53. The maximum atomic E-state index is 12.0. The first-order chi connectivity index (χ1) is 11.5. The van der Waals surface area contributed by atoms with Gasteiger partial charge in [0.2, 0.25) is 11.8 Å². The predicted octanol–water partition coefficient (Wildman–Crippen LogP) is 1.10. The van der Waals surface area contributed by atoms with Crippen LogP contribution in [0.15, 0.2) is 18.5 Å². The number of H-pyrrole nitrogens is 1. The van der Waals surface area contributed by atoms with Crippen molar-refractivity contribution < 1.29 is 9.59 Å². The zero-order chi connectivity index (χ0) is 17.1. The second kappa shape index (κ2) is 6.86. The van der Waals surface area contributed by atoms with Gasteiger partial charge in [-0.15, -0.1) is 0 Å². The fraction of sp³-hybridized carbons (Fsp3) is 0.500. The molecular weight excluding hydrogens is 308 g/mol. The Morgan fingerprint density at radius 1 is 1.42 bits per heavy atom. The Balaban J connectivity index is 1.44. The lowest BCUT2D eigenvalue weighted by atomic mass is 9.78. The molecule has 1 fully saturated rings. The van der Waals surface area contributed by atoms with Gasteiger partial charge in [0.1, 0.15) is 5.82 Å². The van der Waals surface area contributed by atoms with Crippen LogP contribution >= 0.6 is 0 Å². The molecule has 1 aliphatic rings. The lowest BCUT2D eigenvalue weighted by molar-refractivity contribution is -0.120. The molecule has 2 heterocycles. The standard InChI is InChI=1S/C16H22N6O2/c1-10(23)18-13-5-12(6-13)14-7-15(21-20-14)19-16(24)4-3-11-8-17-22(2)9-11/h7-9,12-13H,3-6H2,1-2H3,(H,18,23)(H2,19,20,21,24). The van der Waals surface area contributed by atoms with Crippen LogP contribution in [0.25, 0.3) is 0 Å². The van der Waals surface area contributed by atoms with Crippen LogP contribution in [0.1, 0.15) is 43.4 Å². The zero-order valence-corrected chi connectivity index (χ0v) is 13.9. The van der Waals surface area contributed by atoms with Crippen molar-refractivity contribution in [3.05, 3.63) is 29.7 Å². The third-order valence-corrected chi connectivity index (χ3v) is 4.23. The van der Waals surface area contributed by atoms with Gasteiger partial charge < -0.3 is 10.6 Å². The molecule has 8 nitrogen and oxygen atoms in total. The molecule has 0 aromatic carbocycles. The van der Waals surface area contributed by atoms with Crippen LogP contribution in [0.4, 0.5) is 5.82 Å². The molecule has 0 unspecified atom stereocenters. The molecule has 8 heteroatoms. The van der Waals surface area contributed by atoms with Gasteiger partial charge in [0.25, 0.3) is 0 Å². The second-order valence-electron chi connectivity index (χ2n) is 6.34. The number of nitrogens with one attached hydrogen (secondary N) is 3.